The van der Waals surface area contributed by atoms with Crippen molar-refractivity contribution in [2.45, 2.75) is 43.5 Å². The predicted molar refractivity (Wildman–Crippen MR) is 85.2 cm³/mol. The van der Waals surface area contributed by atoms with Crippen molar-refractivity contribution in [3.05, 3.63) is 29.3 Å². The summed E-state index contributed by atoms with van der Waals surface area (Å²) in [6.07, 6.45) is 2.64. The molecule has 1 atom stereocenters. The number of carboxylic acids is 1. The lowest BCUT2D eigenvalue weighted by Gasteiger charge is -2.31. The molecular weight excluding hydrogens is 318 g/mol. The molecular formula is C16H21NO5S. The average molecular weight is 339 g/mol. The van der Waals surface area contributed by atoms with E-state index in [0.717, 1.165) is 6.26 Å². The van der Waals surface area contributed by atoms with Gasteiger partial charge in [-0.25, -0.2) is 13.2 Å². The molecule has 126 valence electrons. The first-order valence-electron chi connectivity index (χ1n) is 7.49. The lowest BCUT2D eigenvalue weighted by atomic mass is 9.98. The van der Waals surface area contributed by atoms with E-state index in [1.54, 1.807) is 12.1 Å². The Morgan fingerprint density at radius 3 is 2.52 bits per heavy atom. The minimum Gasteiger partial charge on any atom is -0.480 e. The molecule has 1 N–H and O–H groups in total. The fourth-order valence-corrected chi connectivity index (χ4v) is 4.02. The van der Waals surface area contributed by atoms with Crippen LogP contribution in [0.25, 0.3) is 0 Å². The van der Waals surface area contributed by atoms with Gasteiger partial charge in [-0.2, -0.15) is 0 Å². The smallest absolute Gasteiger partial charge is 0.329 e. The summed E-state index contributed by atoms with van der Waals surface area (Å²) in [4.78, 5) is 25.7. The number of aryl methyl sites for hydroxylation is 1. The third-order valence-corrected chi connectivity index (χ3v) is 5.62. The van der Waals surface area contributed by atoms with Crippen LogP contribution in [0.2, 0.25) is 0 Å². The van der Waals surface area contributed by atoms with Crippen molar-refractivity contribution in [2.24, 2.45) is 0 Å². The summed E-state index contributed by atoms with van der Waals surface area (Å²) in [7, 11) is -3.46. The lowest BCUT2D eigenvalue weighted by Crippen LogP contribution is -2.50. The summed E-state index contributed by atoms with van der Waals surface area (Å²) in [6.45, 7) is 3.72. The first-order valence-corrected chi connectivity index (χ1v) is 9.38. The Morgan fingerprint density at radius 2 is 2.00 bits per heavy atom. The van der Waals surface area contributed by atoms with Gasteiger partial charge in [0.2, 0.25) is 0 Å². The Labute approximate surface area is 136 Å². The molecule has 1 heterocycles. The van der Waals surface area contributed by atoms with Crippen molar-refractivity contribution in [1.82, 2.24) is 4.90 Å². The van der Waals surface area contributed by atoms with E-state index in [4.69, 9.17) is 0 Å². The Balaban J connectivity index is 2.47. The van der Waals surface area contributed by atoms with Gasteiger partial charge >= 0.3 is 5.97 Å². The average Bonchev–Trinajstić information content (AvgIpc) is 2.88. The number of carbonyl (C=O) groups is 2. The SMILES string of the molecule is CCc1ccc(C(=O)N2CCC[C@]2(C)C(=O)O)cc1S(C)(=O)=O. The van der Waals surface area contributed by atoms with Crippen LogP contribution in [0.5, 0.6) is 0 Å². The Bertz CT molecular complexity index is 756. The number of rotatable bonds is 4. The van der Waals surface area contributed by atoms with E-state index in [-0.39, 0.29) is 10.5 Å². The lowest BCUT2D eigenvalue weighted by molar-refractivity contribution is -0.147. The quantitative estimate of drug-likeness (QED) is 0.902. The first kappa shape index (κ1) is 17.5. The third kappa shape index (κ3) is 3.10. The summed E-state index contributed by atoms with van der Waals surface area (Å²) in [5, 5.41) is 9.41. The van der Waals surface area contributed by atoms with Gasteiger partial charge in [-0.1, -0.05) is 13.0 Å². The van der Waals surface area contributed by atoms with E-state index in [0.29, 0.717) is 31.4 Å². The van der Waals surface area contributed by atoms with Crippen LogP contribution < -0.4 is 0 Å². The van der Waals surface area contributed by atoms with Gasteiger partial charge in [0.25, 0.3) is 5.91 Å². The Morgan fingerprint density at radius 1 is 1.35 bits per heavy atom. The van der Waals surface area contributed by atoms with Crippen LogP contribution in [-0.2, 0) is 21.1 Å². The standard InChI is InChI=1S/C16H21NO5S/c1-4-11-6-7-12(10-13(11)23(3,21)22)14(18)17-9-5-8-16(17,2)15(19)20/h6-7,10H,4-5,8-9H2,1-3H3,(H,19,20)/t16-/m1/s1. The molecule has 1 aromatic carbocycles. The highest BCUT2D eigenvalue weighted by molar-refractivity contribution is 7.90. The van der Waals surface area contributed by atoms with Gasteiger partial charge in [0.15, 0.2) is 9.84 Å². The van der Waals surface area contributed by atoms with Crippen LogP contribution >= 0.6 is 0 Å². The van der Waals surface area contributed by atoms with Crippen LogP contribution in [0, 0.1) is 0 Å². The number of carboxylic acid groups (broad SMARTS) is 1. The molecule has 0 spiro atoms. The number of hydrogen-bond donors (Lipinski definition) is 1. The van der Waals surface area contributed by atoms with E-state index in [9.17, 15) is 23.1 Å². The zero-order chi connectivity index (χ0) is 17.4. The molecule has 1 aromatic rings. The molecule has 1 aliphatic rings. The number of nitrogens with zero attached hydrogens (tertiary/aromatic N) is 1. The molecule has 1 fully saturated rings. The van der Waals surface area contributed by atoms with E-state index in [1.807, 2.05) is 6.92 Å². The summed E-state index contributed by atoms with van der Waals surface area (Å²) < 4.78 is 23.9. The zero-order valence-electron chi connectivity index (χ0n) is 13.5. The fourth-order valence-electron chi connectivity index (χ4n) is 2.99. The van der Waals surface area contributed by atoms with E-state index in [1.165, 1.54) is 17.9 Å². The second-order valence-corrected chi connectivity index (χ2v) is 8.07. The van der Waals surface area contributed by atoms with Crippen LogP contribution in [0.15, 0.2) is 23.1 Å². The zero-order valence-corrected chi connectivity index (χ0v) is 14.3. The molecule has 2 rings (SSSR count). The van der Waals surface area contributed by atoms with Crippen LogP contribution in [-0.4, -0.2) is 48.6 Å². The molecule has 1 saturated heterocycles. The molecule has 0 unspecified atom stereocenters. The van der Waals surface area contributed by atoms with E-state index < -0.39 is 27.3 Å². The highest BCUT2D eigenvalue weighted by Crippen LogP contribution is 2.31. The predicted octanol–water partition coefficient (Wildman–Crippen LogP) is 1.73. The normalized spacial score (nSPS) is 21.4. The molecule has 0 aromatic heterocycles. The van der Waals surface area contributed by atoms with E-state index >= 15 is 0 Å². The van der Waals surface area contributed by atoms with Gasteiger partial charge < -0.3 is 10.0 Å². The minimum atomic E-state index is -3.46. The van der Waals surface area contributed by atoms with Crippen molar-refractivity contribution >= 4 is 21.7 Å². The molecule has 7 heteroatoms. The number of benzene rings is 1. The molecule has 0 aliphatic carbocycles. The second kappa shape index (κ2) is 5.96. The maximum absolute atomic E-state index is 12.7. The number of likely N-dealkylation sites (tertiary alicyclic amines) is 1. The number of sulfone groups is 1. The van der Waals surface area contributed by atoms with Gasteiger partial charge in [0.1, 0.15) is 5.54 Å². The molecule has 0 saturated carbocycles. The minimum absolute atomic E-state index is 0.127. The van der Waals surface area contributed by atoms with Crippen LogP contribution in [0.4, 0.5) is 0 Å². The van der Waals surface area contributed by atoms with Crippen LogP contribution in [0.3, 0.4) is 0 Å². The van der Waals surface area contributed by atoms with E-state index in [2.05, 4.69) is 0 Å². The largest absolute Gasteiger partial charge is 0.480 e. The van der Waals surface area contributed by atoms with Gasteiger partial charge in [-0.3, -0.25) is 4.79 Å². The molecule has 0 radical (unpaired) electrons. The van der Waals surface area contributed by atoms with Gasteiger partial charge in [-0.15, -0.1) is 0 Å². The van der Waals surface area contributed by atoms with Crippen molar-refractivity contribution < 1.29 is 23.1 Å². The third-order valence-electron chi connectivity index (χ3n) is 4.44. The van der Waals surface area contributed by atoms with Crippen LogP contribution in [0.1, 0.15) is 42.6 Å². The highest BCUT2D eigenvalue weighted by Gasteiger charge is 2.46. The molecule has 23 heavy (non-hydrogen) atoms. The number of carbonyl (C=O) groups excluding carboxylic acids is 1. The fraction of sp³-hybridized carbons (Fsp3) is 0.500. The van der Waals surface area contributed by atoms with Crippen molar-refractivity contribution in [2.75, 3.05) is 12.8 Å². The summed E-state index contributed by atoms with van der Waals surface area (Å²) >= 11 is 0. The molecule has 0 bridgehead atoms. The monoisotopic (exact) mass is 339 g/mol. The Hall–Kier alpha value is -1.89. The molecule has 1 aliphatic heterocycles. The second-order valence-electron chi connectivity index (χ2n) is 6.09. The topological polar surface area (TPSA) is 91.8 Å². The maximum Gasteiger partial charge on any atom is 0.329 e. The first-order chi connectivity index (χ1) is 10.6. The summed E-state index contributed by atoms with van der Waals surface area (Å²) in [5.41, 5.74) is -0.394. The van der Waals surface area contributed by atoms with Crippen molar-refractivity contribution in [3.8, 4) is 0 Å². The summed E-state index contributed by atoms with van der Waals surface area (Å²) in [6, 6.07) is 4.55. The Kier molecular flexibility index (Phi) is 4.52. The summed E-state index contributed by atoms with van der Waals surface area (Å²) in [5.74, 6) is -1.49. The highest BCUT2D eigenvalue weighted by atomic mass is 32.2. The van der Waals surface area contributed by atoms with Crippen molar-refractivity contribution in [3.63, 3.8) is 0 Å². The molecule has 1 amide bonds. The van der Waals surface area contributed by atoms with Gasteiger partial charge in [0.05, 0.1) is 4.90 Å². The van der Waals surface area contributed by atoms with Gasteiger partial charge in [-0.05, 0) is 43.9 Å². The molecule has 6 nitrogen and oxygen atoms in total. The van der Waals surface area contributed by atoms with Crippen molar-refractivity contribution in [1.29, 1.82) is 0 Å². The number of amides is 1. The van der Waals surface area contributed by atoms with Gasteiger partial charge in [0, 0.05) is 18.4 Å². The number of hydrogen-bond acceptors (Lipinski definition) is 4. The number of aliphatic carboxylic acids is 1. The maximum atomic E-state index is 12.7.